The van der Waals surface area contributed by atoms with Crippen molar-refractivity contribution in [2.45, 2.75) is 130 Å². The first-order chi connectivity index (χ1) is 22.4. The first kappa shape index (κ1) is 50.4. The van der Waals surface area contributed by atoms with E-state index in [4.69, 9.17) is 0 Å². The molecule has 0 saturated heterocycles. The molecule has 314 valence electrons. The highest BCUT2D eigenvalue weighted by molar-refractivity contribution is 7.59. The molecule has 0 bridgehead atoms. The Balaban J connectivity index is 7.75. The molecule has 3 nitrogen and oxygen atoms in total. The molecule has 31 heteroatoms. The van der Waals surface area contributed by atoms with Gasteiger partial charge in [-0.05, 0) is 27.2 Å². The summed E-state index contributed by atoms with van der Waals surface area (Å²) in [5, 5.41) is 0. The molecule has 0 spiro atoms. The lowest BCUT2D eigenvalue weighted by atomic mass is 10.1. The molecule has 0 amide bonds. The highest BCUT2D eigenvalue weighted by Gasteiger charge is 2.86. The fourth-order valence-corrected chi connectivity index (χ4v) is 6.58. The zero-order valence-corrected chi connectivity index (χ0v) is 25.6. The highest BCUT2D eigenvalue weighted by atomic mass is 31.1. The standard InChI is InChI=1S/C21H18F27O3P/c1-4-7(49-19(43,44)13(28,29)10(22,23)16(34,35)36)52(8(5-2)50-20(45,46)14(30,31)11(24,25)17(37,38)39)9(6-3)51-21(47,48)15(32,33)12(26,27)18(40,41)42/h7-9H,4-6H2,1-3H3. The Kier molecular flexibility index (Phi) is 14.4. The molecule has 0 radical (unpaired) electrons. The van der Waals surface area contributed by atoms with Crippen molar-refractivity contribution in [2.24, 2.45) is 0 Å². The fourth-order valence-electron chi connectivity index (χ4n) is 3.44. The van der Waals surface area contributed by atoms with Crippen LogP contribution in [0.3, 0.4) is 0 Å². The monoisotopic (exact) mass is 862 g/mol. The average Bonchev–Trinajstić information content (AvgIpc) is 2.92. The summed E-state index contributed by atoms with van der Waals surface area (Å²) in [5.41, 5.74) is 0. The number of rotatable bonds is 18. The Morgan fingerprint density at radius 2 is 0.462 bits per heavy atom. The van der Waals surface area contributed by atoms with E-state index < -0.39 is 117 Å². The smallest absolute Gasteiger partial charge is 0.307 e. The van der Waals surface area contributed by atoms with Crippen LogP contribution in [0.5, 0.6) is 0 Å². The van der Waals surface area contributed by atoms with Crippen LogP contribution < -0.4 is 0 Å². The third-order valence-electron chi connectivity index (χ3n) is 6.25. The summed E-state index contributed by atoms with van der Waals surface area (Å²) in [6.45, 7) is 0.389. The minimum atomic E-state index is -7.91. The van der Waals surface area contributed by atoms with Gasteiger partial charge in [0.2, 0.25) is 0 Å². The lowest BCUT2D eigenvalue weighted by molar-refractivity contribution is -0.450. The van der Waals surface area contributed by atoms with Crippen LogP contribution in [-0.2, 0) is 14.2 Å². The van der Waals surface area contributed by atoms with Gasteiger partial charge >= 0.3 is 72.4 Å². The molecule has 0 aliphatic carbocycles. The van der Waals surface area contributed by atoms with Crippen LogP contribution in [0.4, 0.5) is 119 Å². The van der Waals surface area contributed by atoms with E-state index >= 15 is 0 Å². The van der Waals surface area contributed by atoms with E-state index in [0.29, 0.717) is 0 Å². The molecule has 0 heterocycles. The molecular formula is C21H18F27O3P. The van der Waals surface area contributed by atoms with Crippen molar-refractivity contribution in [1.82, 2.24) is 0 Å². The van der Waals surface area contributed by atoms with Crippen molar-refractivity contribution in [3.8, 4) is 0 Å². The van der Waals surface area contributed by atoms with Crippen LogP contribution >= 0.6 is 7.92 Å². The van der Waals surface area contributed by atoms with Crippen LogP contribution in [0.15, 0.2) is 0 Å². The summed E-state index contributed by atoms with van der Waals surface area (Å²) in [6, 6.07) is 0. The van der Waals surface area contributed by atoms with Crippen LogP contribution in [0.25, 0.3) is 0 Å². The zero-order chi connectivity index (χ0) is 42.6. The SMILES string of the molecule is CCC(OC(F)(F)C(F)(F)C(F)(F)C(F)(F)F)P(C(CC)OC(F)(F)C(F)(F)C(F)(F)C(F)(F)F)C(CC)OC(F)(F)C(F)(F)C(F)(F)C(F)(F)F. The molecule has 0 fully saturated rings. The van der Waals surface area contributed by atoms with E-state index in [2.05, 4.69) is 14.2 Å². The molecular weight excluding hydrogens is 844 g/mol. The normalized spacial score (nSPS) is 18.3. The van der Waals surface area contributed by atoms with Gasteiger partial charge in [-0.3, -0.25) is 0 Å². The zero-order valence-electron chi connectivity index (χ0n) is 24.7. The summed E-state index contributed by atoms with van der Waals surface area (Å²) in [4.78, 5) is 0. The number of hydrogen-bond acceptors (Lipinski definition) is 3. The van der Waals surface area contributed by atoms with E-state index in [-0.39, 0.29) is 20.8 Å². The first-order valence-electron chi connectivity index (χ1n) is 12.8. The van der Waals surface area contributed by atoms with Crippen LogP contribution in [0.2, 0.25) is 0 Å². The molecule has 0 aromatic rings. The number of alkyl halides is 27. The fraction of sp³-hybridized carbons (Fsp3) is 1.00. The quantitative estimate of drug-likeness (QED) is 0.101. The number of ether oxygens (including phenoxy) is 3. The van der Waals surface area contributed by atoms with Gasteiger partial charge in [-0.15, -0.1) is 0 Å². The minimum Gasteiger partial charge on any atom is -0.307 e. The van der Waals surface area contributed by atoms with Gasteiger partial charge in [-0.1, -0.05) is 20.8 Å². The predicted octanol–water partition coefficient (Wildman–Crippen LogP) is 12.0. The van der Waals surface area contributed by atoms with Gasteiger partial charge in [-0.2, -0.15) is 119 Å². The summed E-state index contributed by atoms with van der Waals surface area (Å²) in [7, 11) is -4.96. The van der Waals surface area contributed by atoms with Gasteiger partial charge < -0.3 is 14.2 Å². The van der Waals surface area contributed by atoms with E-state index in [1.807, 2.05) is 0 Å². The molecule has 52 heavy (non-hydrogen) atoms. The number of hydrogen-bond donors (Lipinski definition) is 0. The molecule has 0 rings (SSSR count). The second-order valence-corrected chi connectivity index (χ2v) is 12.5. The Morgan fingerprint density at radius 1 is 0.308 bits per heavy atom. The number of halogens is 27. The molecule has 0 aromatic carbocycles. The predicted molar refractivity (Wildman–Crippen MR) is 115 cm³/mol. The third-order valence-corrected chi connectivity index (χ3v) is 9.65. The highest BCUT2D eigenvalue weighted by Crippen LogP contribution is 2.64. The molecule has 3 atom stereocenters. The summed E-state index contributed by atoms with van der Waals surface area (Å²) >= 11 is 0. The van der Waals surface area contributed by atoms with Crippen molar-refractivity contribution in [1.29, 1.82) is 0 Å². The summed E-state index contributed by atoms with van der Waals surface area (Å²) in [6.07, 6.45) is -51.1. The van der Waals surface area contributed by atoms with Gasteiger partial charge in [0.05, 0.1) is 17.5 Å². The van der Waals surface area contributed by atoms with Crippen molar-refractivity contribution in [3.05, 3.63) is 0 Å². The molecule has 0 aromatic heterocycles. The Morgan fingerprint density at radius 3 is 0.577 bits per heavy atom. The second kappa shape index (κ2) is 14.8. The van der Waals surface area contributed by atoms with E-state index in [0.717, 1.165) is 0 Å². The molecule has 0 aliphatic rings. The second-order valence-electron chi connectivity index (χ2n) is 9.88. The van der Waals surface area contributed by atoms with Gasteiger partial charge in [0.25, 0.3) is 0 Å². The molecule has 0 N–H and O–H groups in total. The van der Waals surface area contributed by atoms with Crippen LogP contribution in [-0.4, -0.2) is 89.9 Å². The Bertz CT molecular complexity index is 1030. The van der Waals surface area contributed by atoms with Crippen molar-refractivity contribution < 1.29 is 133 Å². The lowest BCUT2D eigenvalue weighted by Gasteiger charge is -2.44. The largest absolute Gasteiger partial charge is 0.460 e. The Labute approximate surface area is 271 Å². The molecule has 3 unspecified atom stereocenters. The molecule has 0 saturated carbocycles. The van der Waals surface area contributed by atoms with E-state index in [1.165, 1.54) is 0 Å². The van der Waals surface area contributed by atoms with Gasteiger partial charge in [0.1, 0.15) is 0 Å². The maximum Gasteiger partial charge on any atom is 0.460 e. The lowest BCUT2D eigenvalue weighted by Crippen LogP contribution is -2.63. The Hall–Kier alpha value is -1.58. The first-order valence-corrected chi connectivity index (χ1v) is 14.3. The third kappa shape index (κ3) is 8.62. The van der Waals surface area contributed by atoms with E-state index in [9.17, 15) is 119 Å². The van der Waals surface area contributed by atoms with Gasteiger partial charge in [-0.25, -0.2) is 0 Å². The van der Waals surface area contributed by atoms with Crippen molar-refractivity contribution >= 4 is 7.92 Å². The van der Waals surface area contributed by atoms with Crippen molar-refractivity contribution in [3.63, 3.8) is 0 Å². The maximum absolute atomic E-state index is 14.4. The minimum absolute atomic E-state index is 0.130. The average molecular weight is 862 g/mol. The van der Waals surface area contributed by atoms with Crippen LogP contribution in [0.1, 0.15) is 40.0 Å². The topological polar surface area (TPSA) is 27.7 Å². The van der Waals surface area contributed by atoms with Crippen molar-refractivity contribution in [2.75, 3.05) is 0 Å². The van der Waals surface area contributed by atoms with Gasteiger partial charge in [0.15, 0.2) is 0 Å². The van der Waals surface area contributed by atoms with E-state index in [1.54, 1.807) is 0 Å². The van der Waals surface area contributed by atoms with Crippen LogP contribution in [0, 0.1) is 0 Å². The summed E-state index contributed by atoms with van der Waals surface area (Å²) in [5.74, 6) is -59.1. The van der Waals surface area contributed by atoms with Gasteiger partial charge in [0, 0.05) is 0 Å². The maximum atomic E-state index is 14.4. The summed E-state index contributed by atoms with van der Waals surface area (Å²) < 4.78 is 372. The molecule has 0 aliphatic heterocycles.